The van der Waals surface area contributed by atoms with Crippen molar-refractivity contribution in [2.24, 2.45) is 11.8 Å². The highest BCUT2D eigenvalue weighted by Crippen LogP contribution is 2.45. The van der Waals surface area contributed by atoms with E-state index < -0.39 is 0 Å². The van der Waals surface area contributed by atoms with Gasteiger partial charge in [0.15, 0.2) is 5.11 Å². The van der Waals surface area contributed by atoms with Crippen molar-refractivity contribution in [1.82, 2.24) is 9.80 Å². The van der Waals surface area contributed by atoms with E-state index in [9.17, 15) is 4.39 Å². The number of hydrogen-bond acceptors (Lipinski definition) is 2. The third-order valence-corrected chi connectivity index (χ3v) is 7.33. The molecule has 1 aromatic rings. The summed E-state index contributed by atoms with van der Waals surface area (Å²) in [5.74, 6) is 1.17. The number of nitrogens with one attached hydrogen (secondary N) is 1. The molecule has 2 bridgehead atoms. The standard InChI is InChI=1S/C22H28FN3S/c23-18-6-3-7-19(13-18)24-22(27)26-10-4-5-15-11-16-12-17(21(15)26)14-25-9-2-1-8-20(16)25/h3,6-7,11,13,16-17,20-21H,1-2,4-5,8-10,12,14H2,(H,24,27)/t16-,17+,20-,21-/m1/s1. The molecule has 144 valence electrons. The third kappa shape index (κ3) is 3.29. The Kier molecular flexibility index (Phi) is 4.68. The Morgan fingerprint density at radius 3 is 3.00 bits per heavy atom. The molecule has 4 atom stereocenters. The maximum Gasteiger partial charge on any atom is 0.173 e. The summed E-state index contributed by atoms with van der Waals surface area (Å²) in [6, 6.07) is 7.79. The Morgan fingerprint density at radius 2 is 2.11 bits per heavy atom. The number of piperidine rings is 3. The molecule has 0 unspecified atom stereocenters. The van der Waals surface area contributed by atoms with Crippen LogP contribution in [0.1, 0.15) is 38.5 Å². The topological polar surface area (TPSA) is 18.5 Å². The van der Waals surface area contributed by atoms with Crippen molar-refractivity contribution in [3.63, 3.8) is 0 Å². The Morgan fingerprint density at radius 1 is 1.19 bits per heavy atom. The smallest absolute Gasteiger partial charge is 0.173 e. The second-order valence-electron chi connectivity index (χ2n) is 8.64. The van der Waals surface area contributed by atoms with Gasteiger partial charge >= 0.3 is 0 Å². The highest BCUT2D eigenvalue weighted by Gasteiger charge is 2.46. The summed E-state index contributed by atoms with van der Waals surface area (Å²) in [5.41, 5.74) is 2.35. The molecule has 1 N–H and O–H groups in total. The van der Waals surface area contributed by atoms with Gasteiger partial charge in [0.25, 0.3) is 0 Å². The highest BCUT2D eigenvalue weighted by atomic mass is 32.1. The van der Waals surface area contributed by atoms with Crippen LogP contribution in [-0.4, -0.2) is 46.6 Å². The van der Waals surface area contributed by atoms with Gasteiger partial charge in [0.2, 0.25) is 0 Å². The van der Waals surface area contributed by atoms with Gasteiger partial charge < -0.3 is 10.2 Å². The molecule has 0 saturated carbocycles. The summed E-state index contributed by atoms with van der Waals surface area (Å²) in [5, 5.41) is 4.04. The Bertz CT molecular complexity index is 764. The molecule has 0 aromatic heterocycles. The molecule has 5 rings (SSSR count). The van der Waals surface area contributed by atoms with Crippen LogP contribution in [0.3, 0.4) is 0 Å². The molecular weight excluding hydrogens is 357 g/mol. The minimum Gasteiger partial charge on any atom is -0.342 e. The molecule has 3 fully saturated rings. The average molecular weight is 386 g/mol. The van der Waals surface area contributed by atoms with Crippen LogP contribution in [0.2, 0.25) is 0 Å². The molecule has 0 radical (unpaired) electrons. The largest absolute Gasteiger partial charge is 0.342 e. The van der Waals surface area contributed by atoms with E-state index in [0.29, 0.717) is 12.0 Å². The number of benzene rings is 1. The zero-order valence-electron chi connectivity index (χ0n) is 15.7. The first-order valence-electron chi connectivity index (χ1n) is 10.5. The van der Waals surface area contributed by atoms with Gasteiger partial charge in [-0.15, -0.1) is 0 Å². The molecule has 27 heavy (non-hydrogen) atoms. The van der Waals surface area contributed by atoms with Gasteiger partial charge in [-0.2, -0.15) is 0 Å². The molecule has 3 aliphatic heterocycles. The van der Waals surface area contributed by atoms with E-state index in [2.05, 4.69) is 21.2 Å². The number of hydrogen-bond donors (Lipinski definition) is 1. The highest BCUT2D eigenvalue weighted by molar-refractivity contribution is 7.80. The quantitative estimate of drug-likeness (QED) is 0.570. The first kappa shape index (κ1) is 17.6. The summed E-state index contributed by atoms with van der Waals surface area (Å²) in [7, 11) is 0. The lowest BCUT2D eigenvalue weighted by atomic mass is 9.68. The van der Waals surface area contributed by atoms with Gasteiger partial charge in [-0.05, 0) is 80.9 Å². The molecular formula is C22H28FN3S. The fourth-order valence-electron chi connectivity index (χ4n) is 5.96. The molecule has 4 aliphatic rings. The van der Waals surface area contributed by atoms with E-state index >= 15 is 0 Å². The average Bonchev–Trinajstić information content (AvgIpc) is 2.67. The van der Waals surface area contributed by atoms with Gasteiger partial charge in [0, 0.05) is 24.8 Å². The van der Waals surface area contributed by atoms with Crippen molar-refractivity contribution >= 4 is 23.0 Å². The van der Waals surface area contributed by atoms with Crippen LogP contribution in [-0.2, 0) is 0 Å². The van der Waals surface area contributed by atoms with Crippen LogP contribution in [0.25, 0.3) is 0 Å². The van der Waals surface area contributed by atoms with Crippen molar-refractivity contribution in [2.75, 3.05) is 25.0 Å². The Labute approximate surface area is 166 Å². The van der Waals surface area contributed by atoms with Crippen molar-refractivity contribution in [2.45, 2.75) is 50.6 Å². The van der Waals surface area contributed by atoms with E-state index in [-0.39, 0.29) is 5.82 Å². The lowest BCUT2D eigenvalue weighted by Gasteiger charge is -2.55. The van der Waals surface area contributed by atoms with Crippen molar-refractivity contribution in [3.05, 3.63) is 41.7 Å². The van der Waals surface area contributed by atoms with E-state index in [1.807, 2.05) is 6.07 Å². The van der Waals surface area contributed by atoms with Crippen LogP contribution in [0.5, 0.6) is 0 Å². The predicted octanol–water partition coefficient (Wildman–Crippen LogP) is 4.42. The zero-order valence-corrected chi connectivity index (χ0v) is 16.6. The van der Waals surface area contributed by atoms with Crippen molar-refractivity contribution < 1.29 is 4.39 Å². The monoisotopic (exact) mass is 385 g/mol. The summed E-state index contributed by atoms with van der Waals surface area (Å²) in [4.78, 5) is 5.15. The van der Waals surface area contributed by atoms with Gasteiger partial charge in [-0.1, -0.05) is 24.1 Å². The van der Waals surface area contributed by atoms with E-state index in [1.165, 1.54) is 57.3 Å². The van der Waals surface area contributed by atoms with E-state index in [0.717, 1.165) is 35.7 Å². The number of thiocarbonyl (C=S) groups is 1. The molecule has 3 nitrogen and oxygen atoms in total. The first-order valence-corrected chi connectivity index (χ1v) is 10.9. The molecule has 0 amide bonds. The maximum atomic E-state index is 13.5. The zero-order chi connectivity index (χ0) is 18.4. The van der Waals surface area contributed by atoms with Crippen LogP contribution < -0.4 is 5.32 Å². The number of halogens is 1. The number of fused-ring (bicyclic) bond motifs is 6. The van der Waals surface area contributed by atoms with Crippen LogP contribution >= 0.6 is 12.2 Å². The fraction of sp³-hybridized carbons (Fsp3) is 0.591. The first-order chi connectivity index (χ1) is 13.2. The second-order valence-corrected chi connectivity index (χ2v) is 9.03. The summed E-state index contributed by atoms with van der Waals surface area (Å²) in [6.07, 6.45) is 10.4. The SMILES string of the molecule is Fc1cccc(NC(=S)N2CCCC3=C[C@@H]4C[C@@H](CN5CCCC[C@H]45)[C@@H]32)c1. The lowest BCUT2D eigenvalue weighted by molar-refractivity contribution is 0.0132. The molecule has 3 saturated heterocycles. The maximum absolute atomic E-state index is 13.5. The van der Waals surface area contributed by atoms with E-state index in [1.54, 1.807) is 11.6 Å². The summed E-state index contributed by atoms with van der Waals surface area (Å²) >= 11 is 5.78. The van der Waals surface area contributed by atoms with Crippen LogP contribution in [0.15, 0.2) is 35.9 Å². The Balaban J connectivity index is 1.39. The predicted molar refractivity (Wildman–Crippen MR) is 111 cm³/mol. The van der Waals surface area contributed by atoms with Gasteiger partial charge in [-0.3, -0.25) is 4.90 Å². The summed E-state index contributed by atoms with van der Waals surface area (Å²) in [6.45, 7) is 3.47. The minimum absolute atomic E-state index is 0.231. The van der Waals surface area contributed by atoms with Gasteiger partial charge in [-0.25, -0.2) is 4.39 Å². The number of anilines is 1. The van der Waals surface area contributed by atoms with Crippen molar-refractivity contribution in [1.29, 1.82) is 0 Å². The molecule has 1 aliphatic carbocycles. The Hall–Kier alpha value is -1.46. The van der Waals surface area contributed by atoms with Crippen LogP contribution in [0, 0.1) is 17.7 Å². The number of rotatable bonds is 1. The van der Waals surface area contributed by atoms with Crippen LogP contribution in [0.4, 0.5) is 10.1 Å². The molecule has 5 heteroatoms. The molecule has 1 aromatic carbocycles. The van der Waals surface area contributed by atoms with E-state index in [4.69, 9.17) is 12.2 Å². The number of nitrogens with zero attached hydrogens (tertiary/aromatic N) is 2. The fourth-order valence-corrected chi connectivity index (χ4v) is 6.29. The third-order valence-electron chi connectivity index (χ3n) is 6.99. The van der Waals surface area contributed by atoms with Gasteiger partial charge in [0.1, 0.15) is 5.82 Å². The lowest BCUT2D eigenvalue weighted by Crippen LogP contribution is -2.60. The van der Waals surface area contributed by atoms with Gasteiger partial charge in [0.05, 0.1) is 6.04 Å². The normalized spacial score (nSPS) is 32.9. The molecule has 3 heterocycles. The molecule has 0 spiro atoms. The second kappa shape index (κ2) is 7.17. The number of likely N-dealkylation sites (tertiary alicyclic amines) is 1. The van der Waals surface area contributed by atoms with Crippen molar-refractivity contribution in [3.8, 4) is 0 Å². The summed E-state index contributed by atoms with van der Waals surface area (Å²) < 4.78 is 13.5. The minimum atomic E-state index is -0.231.